The summed E-state index contributed by atoms with van der Waals surface area (Å²) >= 11 is 0. The van der Waals surface area contributed by atoms with Gasteiger partial charge in [0.2, 0.25) is 0 Å². The fourth-order valence-electron chi connectivity index (χ4n) is 3.07. The molecule has 0 aromatic carbocycles. The Morgan fingerprint density at radius 1 is 0.450 bits per heavy atom. The van der Waals surface area contributed by atoms with Crippen molar-refractivity contribution < 1.29 is 0 Å². The Hall–Kier alpha value is 0. The van der Waals surface area contributed by atoms with Gasteiger partial charge in [-0.2, -0.15) is 0 Å². The molecule has 0 nitrogen and oxygen atoms in total. The predicted octanol–water partition coefficient (Wildman–Crippen LogP) is 7.90. The van der Waals surface area contributed by atoms with Gasteiger partial charge < -0.3 is 0 Å². The summed E-state index contributed by atoms with van der Waals surface area (Å²) in [5.41, 5.74) is 0.591. The summed E-state index contributed by atoms with van der Waals surface area (Å²) in [6, 6.07) is 0. The first-order valence-corrected chi connectivity index (χ1v) is 9.62. The SMILES string of the molecule is CCCCCCCCCC(C)(C)CCCCCCCC. The summed E-state index contributed by atoms with van der Waals surface area (Å²) in [7, 11) is 0. The summed E-state index contributed by atoms with van der Waals surface area (Å²) in [4.78, 5) is 0. The molecule has 0 aliphatic heterocycles. The van der Waals surface area contributed by atoms with Gasteiger partial charge in [0.25, 0.3) is 0 Å². The highest BCUT2D eigenvalue weighted by Gasteiger charge is 2.16. The maximum Gasteiger partial charge on any atom is -0.0354 e. The first-order chi connectivity index (χ1) is 9.62. The molecule has 0 aliphatic carbocycles. The van der Waals surface area contributed by atoms with E-state index in [1.165, 1.54) is 96.3 Å². The van der Waals surface area contributed by atoms with Gasteiger partial charge in [0, 0.05) is 0 Å². The fourth-order valence-corrected chi connectivity index (χ4v) is 3.07. The van der Waals surface area contributed by atoms with Crippen molar-refractivity contribution in [1.82, 2.24) is 0 Å². The van der Waals surface area contributed by atoms with Gasteiger partial charge in [-0.05, 0) is 18.3 Å². The summed E-state index contributed by atoms with van der Waals surface area (Å²) in [6.07, 6.45) is 21.6. The summed E-state index contributed by atoms with van der Waals surface area (Å²) < 4.78 is 0. The fraction of sp³-hybridized carbons (Fsp3) is 1.00. The Morgan fingerprint density at radius 3 is 1.10 bits per heavy atom. The normalized spacial score (nSPS) is 12.0. The van der Waals surface area contributed by atoms with E-state index < -0.39 is 0 Å². The molecule has 0 N–H and O–H groups in total. The molecule has 0 spiro atoms. The Labute approximate surface area is 130 Å². The molecule has 0 rings (SSSR count). The summed E-state index contributed by atoms with van der Waals surface area (Å²) in [5.74, 6) is 0. The highest BCUT2D eigenvalue weighted by Crippen LogP contribution is 2.30. The zero-order valence-electron chi connectivity index (χ0n) is 15.1. The van der Waals surface area contributed by atoms with E-state index in [1.54, 1.807) is 0 Å². The average Bonchev–Trinajstić information content (AvgIpc) is 2.41. The lowest BCUT2D eigenvalue weighted by atomic mass is 9.82. The van der Waals surface area contributed by atoms with Crippen molar-refractivity contribution >= 4 is 0 Å². The molecular formula is C20H42. The van der Waals surface area contributed by atoms with Gasteiger partial charge in [-0.1, -0.05) is 111 Å². The second-order valence-corrected chi connectivity index (χ2v) is 7.55. The second kappa shape index (κ2) is 14.0. The van der Waals surface area contributed by atoms with E-state index in [1.807, 2.05) is 0 Å². The van der Waals surface area contributed by atoms with Crippen LogP contribution in [0.15, 0.2) is 0 Å². The quantitative estimate of drug-likeness (QED) is 0.268. The molecule has 0 amide bonds. The highest BCUT2D eigenvalue weighted by molar-refractivity contribution is 4.68. The zero-order valence-corrected chi connectivity index (χ0v) is 15.1. The van der Waals surface area contributed by atoms with Crippen LogP contribution in [0.1, 0.15) is 124 Å². The van der Waals surface area contributed by atoms with Crippen LogP contribution < -0.4 is 0 Å². The van der Waals surface area contributed by atoms with Gasteiger partial charge in [-0.15, -0.1) is 0 Å². The van der Waals surface area contributed by atoms with Crippen molar-refractivity contribution in [2.75, 3.05) is 0 Å². The molecule has 0 radical (unpaired) electrons. The van der Waals surface area contributed by atoms with Crippen molar-refractivity contribution in [3.63, 3.8) is 0 Å². The topological polar surface area (TPSA) is 0 Å². The van der Waals surface area contributed by atoms with Crippen LogP contribution >= 0.6 is 0 Å². The third-order valence-electron chi connectivity index (χ3n) is 4.66. The largest absolute Gasteiger partial charge is 0.0654 e. The second-order valence-electron chi connectivity index (χ2n) is 7.55. The molecule has 0 aromatic heterocycles. The zero-order chi connectivity index (χ0) is 15.1. The van der Waals surface area contributed by atoms with Gasteiger partial charge >= 0.3 is 0 Å². The lowest BCUT2D eigenvalue weighted by Crippen LogP contribution is -2.11. The maximum atomic E-state index is 2.48. The minimum absolute atomic E-state index is 0.591. The van der Waals surface area contributed by atoms with E-state index >= 15 is 0 Å². The van der Waals surface area contributed by atoms with Crippen LogP contribution in [0.4, 0.5) is 0 Å². The van der Waals surface area contributed by atoms with Crippen molar-refractivity contribution in [3.8, 4) is 0 Å². The Morgan fingerprint density at radius 2 is 0.750 bits per heavy atom. The number of hydrogen-bond donors (Lipinski definition) is 0. The molecule has 0 aromatic rings. The molecule has 0 saturated heterocycles. The first kappa shape index (κ1) is 20.0. The molecule has 0 fully saturated rings. The monoisotopic (exact) mass is 282 g/mol. The Balaban J connectivity index is 3.35. The molecule has 0 aliphatic rings. The minimum atomic E-state index is 0.591. The van der Waals surface area contributed by atoms with Crippen LogP contribution in [0.2, 0.25) is 0 Å². The summed E-state index contributed by atoms with van der Waals surface area (Å²) in [6.45, 7) is 9.56. The van der Waals surface area contributed by atoms with Crippen LogP contribution in [-0.4, -0.2) is 0 Å². The third kappa shape index (κ3) is 14.4. The highest BCUT2D eigenvalue weighted by atomic mass is 14.2. The predicted molar refractivity (Wildman–Crippen MR) is 94.4 cm³/mol. The van der Waals surface area contributed by atoms with E-state index in [2.05, 4.69) is 27.7 Å². The smallest absolute Gasteiger partial charge is 0.0354 e. The van der Waals surface area contributed by atoms with Crippen molar-refractivity contribution in [2.45, 2.75) is 124 Å². The lowest BCUT2D eigenvalue weighted by Gasteiger charge is -2.24. The van der Waals surface area contributed by atoms with Gasteiger partial charge in [0.1, 0.15) is 0 Å². The van der Waals surface area contributed by atoms with Gasteiger partial charge in [0.05, 0.1) is 0 Å². The van der Waals surface area contributed by atoms with Crippen LogP contribution in [0.5, 0.6) is 0 Å². The van der Waals surface area contributed by atoms with Crippen LogP contribution in [-0.2, 0) is 0 Å². The summed E-state index contributed by atoms with van der Waals surface area (Å²) in [5, 5.41) is 0. The van der Waals surface area contributed by atoms with Crippen molar-refractivity contribution in [2.24, 2.45) is 5.41 Å². The molecule has 0 atom stereocenters. The van der Waals surface area contributed by atoms with E-state index in [0.717, 1.165) is 0 Å². The van der Waals surface area contributed by atoms with E-state index in [9.17, 15) is 0 Å². The number of rotatable bonds is 15. The van der Waals surface area contributed by atoms with Crippen molar-refractivity contribution in [3.05, 3.63) is 0 Å². The Kier molecular flexibility index (Phi) is 14.0. The van der Waals surface area contributed by atoms with Crippen LogP contribution in [0, 0.1) is 5.41 Å². The lowest BCUT2D eigenvalue weighted by molar-refractivity contribution is 0.282. The molecule has 0 bridgehead atoms. The van der Waals surface area contributed by atoms with Crippen LogP contribution in [0.25, 0.3) is 0 Å². The number of hydrogen-bond acceptors (Lipinski definition) is 0. The Bertz CT molecular complexity index is 180. The number of unbranched alkanes of at least 4 members (excludes halogenated alkanes) is 11. The van der Waals surface area contributed by atoms with Gasteiger partial charge in [-0.3, -0.25) is 0 Å². The minimum Gasteiger partial charge on any atom is -0.0654 e. The third-order valence-corrected chi connectivity index (χ3v) is 4.66. The van der Waals surface area contributed by atoms with E-state index in [0.29, 0.717) is 5.41 Å². The standard InChI is InChI=1S/C20H42/c1-5-7-9-11-13-15-17-19-20(3,4)18-16-14-12-10-8-6-2/h5-19H2,1-4H3. The molecule has 0 heteroatoms. The molecule has 122 valence electrons. The van der Waals surface area contributed by atoms with Gasteiger partial charge in [-0.25, -0.2) is 0 Å². The van der Waals surface area contributed by atoms with Crippen LogP contribution in [0.3, 0.4) is 0 Å². The molecule has 0 heterocycles. The molecule has 20 heavy (non-hydrogen) atoms. The molecular weight excluding hydrogens is 240 g/mol. The molecule has 0 unspecified atom stereocenters. The van der Waals surface area contributed by atoms with Crippen molar-refractivity contribution in [1.29, 1.82) is 0 Å². The van der Waals surface area contributed by atoms with E-state index in [4.69, 9.17) is 0 Å². The maximum absolute atomic E-state index is 2.48. The average molecular weight is 283 g/mol. The molecule has 0 saturated carbocycles. The van der Waals surface area contributed by atoms with E-state index in [-0.39, 0.29) is 0 Å². The van der Waals surface area contributed by atoms with Gasteiger partial charge in [0.15, 0.2) is 0 Å². The first-order valence-electron chi connectivity index (χ1n) is 9.62.